The van der Waals surface area contributed by atoms with Gasteiger partial charge in [-0.1, -0.05) is 48.7 Å². The van der Waals surface area contributed by atoms with Gasteiger partial charge in [-0.3, -0.25) is 0 Å². The van der Waals surface area contributed by atoms with Crippen LogP contribution in [0.4, 0.5) is 0 Å². The maximum Gasteiger partial charge on any atom is 0.142 e. The fourth-order valence-corrected chi connectivity index (χ4v) is 2.05. The summed E-state index contributed by atoms with van der Waals surface area (Å²) in [6.45, 7) is 5.17. The van der Waals surface area contributed by atoms with Gasteiger partial charge >= 0.3 is 0 Å². The standard InChI is InChI=1S/C13H16Cl3NO/c1-9(2)17-8-10-6-11(15)7-12(16)13(10)18-5-3-4-14/h3-4,6-7,9,17H,5,8H2,1-2H3/b4-3+. The molecule has 0 aliphatic heterocycles. The van der Waals surface area contributed by atoms with Crippen LogP contribution in [0.1, 0.15) is 19.4 Å². The van der Waals surface area contributed by atoms with Gasteiger partial charge in [-0.15, -0.1) is 0 Å². The Bertz CT molecular complexity index is 419. The van der Waals surface area contributed by atoms with E-state index in [1.54, 1.807) is 12.1 Å². The van der Waals surface area contributed by atoms with E-state index in [9.17, 15) is 0 Å². The molecule has 0 radical (unpaired) electrons. The average Bonchev–Trinajstić information content (AvgIpc) is 2.29. The van der Waals surface area contributed by atoms with Crippen molar-refractivity contribution in [2.75, 3.05) is 6.61 Å². The average molecular weight is 309 g/mol. The van der Waals surface area contributed by atoms with Crippen LogP contribution < -0.4 is 10.1 Å². The molecule has 0 spiro atoms. The van der Waals surface area contributed by atoms with E-state index in [0.29, 0.717) is 35.0 Å². The molecule has 0 aliphatic carbocycles. The zero-order valence-corrected chi connectivity index (χ0v) is 12.6. The highest BCUT2D eigenvalue weighted by atomic mass is 35.5. The largest absolute Gasteiger partial charge is 0.488 e. The topological polar surface area (TPSA) is 21.3 Å². The van der Waals surface area contributed by atoms with E-state index in [0.717, 1.165) is 5.56 Å². The van der Waals surface area contributed by atoms with Gasteiger partial charge in [0.05, 0.1) is 5.02 Å². The van der Waals surface area contributed by atoms with Crippen molar-refractivity contribution in [3.05, 3.63) is 39.4 Å². The molecule has 0 fully saturated rings. The minimum Gasteiger partial charge on any atom is -0.488 e. The van der Waals surface area contributed by atoms with Crippen LogP contribution in [-0.4, -0.2) is 12.6 Å². The van der Waals surface area contributed by atoms with E-state index in [-0.39, 0.29) is 0 Å². The molecule has 0 unspecified atom stereocenters. The van der Waals surface area contributed by atoms with Crippen molar-refractivity contribution in [2.45, 2.75) is 26.4 Å². The van der Waals surface area contributed by atoms with Crippen LogP contribution in [0.2, 0.25) is 10.0 Å². The van der Waals surface area contributed by atoms with Crippen LogP contribution >= 0.6 is 34.8 Å². The van der Waals surface area contributed by atoms with Crippen molar-refractivity contribution in [1.82, 2.24) is 5.32 Å². The van der Waals surface area contributed by atoms with Crippen LogP contribution in [0.15, 0.2) is 23.7 Å². The van der Waals surface area contributed by atoms with E-state index in [2.05, 4.69) is 19.2 Å². The second-order valence-corrected chi connectivity index (χ2v) is 5.18. The first-order valence-corrected chi connectivity index (χ1v) is 6.83. The van der Waals surface area contributed by atoms with Gasteiger partial charge < -0.3 is 10.1 Å². The Morgan fingerprint density at radius 3 is 2.67 bits per heavy atom. The Morgan fingerprint density at radius 2 is 2.06 bits per heavy atom. The van der Waals surface area contributed by atoms with Crippen molar-refractivity contribution < 1.29 is 4.74 Å². The van der Waals surface area contributed by atoms with Crippen LogP contribution in [0.5, 0.6) is 5.75 Å². The Kier molecular flexibility index (Phi) is 6.87. The van der Waals surface area contributed by atoms with Gasteiger partial charge in [0.2, 0.25) is 0 Å². The number of benzene rings is 1. The fourth-order valence-electron chi connectivity index (χ4n) is 1.39. The monoisotopic (exact) mass is 307 g/mol. The number of hydrogen-bond acceptors (Lipinski definition) is 2. The molecule has 0 amide bonds. The minimum atomic E-state index is 0.373. The molecule has 1 N–H and O–H groups in total. The summed E-state index contributed by atoms with van der Waals surface area (Å²) in [5.74, 6) is 0.643. The lowest BCUT2D eigenvalue weighted by Crippen LogP contribution is -2.22. The van der Waals surface area contributed by atoms with Crippen molar-refractivity contribution in [3.63, 3.8) is 0 Å². The third-order valence-corrected chi connectivity index (χ3v) is 2.88. The molecule has 0 bridgehead atoms. The molecule has 0 heterocycles. The van der Waals surface area contributed by atoms with Gasteiger partial charge in [-0.25, -0.2) is 0 Å². The zero-order chi connectivity index (χ0) is 13.5. The van der Waals surface area contributed by atoms with Gasteiger partial charge in [0, 0.05) is 28.7 Å². The Balaban J connectivity index is 2.89. The minimum absolute atomic E-state index is 0.373. The summed E-state index contributed by atoms with van der Waals surface area (Å²) in [5.41, 5.74) is 2.35. The first kappa shape index (κ1) is 15.6. The van der Waals surface area contributed by atoms with Crippen molar-refractivity contribution in [1.29, 1.82) is 0 Å². The predicted molar refractivity (Wildman–Crippen MR) is 78.9 cm³/mol. The SMILES string of the molecule is CC(C)NCc1cc(Cl)cc(Cl)c1OC/C=C/Cl. The van der Waals surface area contributed by atoms with E-state index >= 15 is 0 Å². The third-order valence-electron chi connectivity index (χ3n) is 2.20. The lowest BCUT2D eigenvalue weighted by molar-refractivity contribution is 0.357. The first-order chi connectivity index (χ1) is 8.54. The van der Waals surface area contributed by atoms with E-state index < -0.39 is 0 Å². The number of ether oxygens (including phenoxy) is 1. The summed E-state index contributed by atoms with van der Waals surface area (Å²) in [6, 6.07) is 3.89. The number of nitrogens with one attached hydrogen (secondary N) is 1. The maximum atomic E-state index is 6.13. The Morgan fingerprint density at radius 1 is 1.33 bits per heavy atom. The van der Waals surface area contributed by atoms with E-state index in [1.807, 2.05) is 6.07 Å². The van der Waals surface area contributed by atoms with Gasteiger partial charge in [0.15, 0.2) is 0 Å². The van der Waals surface area contributed by atoms with E-state index in [1.165, 1.54) is 5.54 Å². The molecule has 18 heavy (non-hydrogen) atoms. The molecule has 2 nitrogen and oxygen atoms in total. The zero-order valence-electron chi connectivity index (χ0n) is 10.3. The normalized spacial score (nSPS) is 11.4. The number of hydrogen-bond donors (Lipinski definition) is 1. The number of halogens is 3. The molecule has 1 aromatic rings. The maximum absolute atomic E-state index is 6.13. The molecule has 1 rings (SSSR count). The summed E-state index contributed by atoms with van der Waals surface area (Å²) < 4.78 is 5.59. The Hall–Kier alpha value is -0.410. The molecular formula is C13H16Cl3NO. The fraction of sp³-hybridized carbons (Fsp3) is 0.385. The summed E-state index contributed by atoms with van der Waals surface area (Å²) in [7, 11) is 0. The highest BCUT2D eigenvalue weighted by molar-refractivity contribution is 6.35. The van der Waals surface area contributed by atoms with Crippen LogP contribution in [0.25, 0.3) is 0 Å². The molecule has 0 saturated heterocycles. The molecule has 1 aromatic carbocycles. The quantitative estimate of drug-likeness (QED) is 0.828. The summed E-state index contributed by atoms with van der Waals surface area (Å²) in [6.07, 6.45) is 1.70. The molecule has 0 aliphatic rings. The first-order valence-electron chi connectivity index (χ1n) is 5.64. The molecule has 0 aromatic heterocycles. The second kappa shape index (κ2) is 7.90. The molecule has 100 valence electrons. The van der Waals surface area contributed by atoms with Crippen molar-refractivity contribution >= 4 is 34.8 Å². The van der Waals surface area contributed by atoms with Crippen LogP contribution in [0.3, 0.4) is 0 Å². The molecule has 0 saturated carbocycles. The van der Waals surface area contributed by atoms with Crippen LogP contribution in [0, 0.1) is 0 Å². The lowest BCUT2D eigenvalue weighted by atomic mass is 10.2. The number of rotatable bonds is 6. The van der Waals surface area contributed by atoms with Crippen molar-refractivity contribution in [2.24, 2.45) is 0 Å². The molecule has 5 heteroatoms. The van der Waals surface area contributed by atoms with Crippen molar-refractivity contribution in [3.8, 4) is 5.75 Å². The summed E-state index contributed by atoms with van der Waals surface area (Å²) in [5, 5.41) is 4.41. The summed E-state index contributed by atoms with van der Waals surface area (Å²) in [4.78, 5) is 0. The second-order valence-electron chi connectivity index (χ2n) is 4.08. The smallest absolute Gasteiger partial charge is 0.142 e. The highest BCUT2D eigenvalue weighted by Gasteiger charge is 2.10. The van der Waals surface area contributed by atoms with E-state index in [4.69, 9.17) is 39.5 Å². The highest BCUT2D eigenvalue weighted by Crippen LogP contribution is 2.32. The van der Waals surface area contributed by atoms with Crippen LogP contribution in [-0.2, 0) is 6.54 Å². The predicted octanol–water partition coefficient (Wildman–Crippen LogP) is 4.62. The molecular weight excluding hydrogens is 293 g/mol. The van der Waals surface area contributed by atoms with Gasteiger partial charge in [0.25, 0.3) is 0 Å². The van der Waals surface area contributed by atoms with Gasteiger partial charge in [-0.05, 0) is 18.2 Å². The third kappa shape index (κ3) is 5.07. The van der Waals surface area contributed by atoms with Gasteiger partial charge in [0.1, 0.15) is 12.4 Å². The lowest BCUT2D eigenvalue weighted by Gasteiger charge is -2.15. The Labute approximate surface area is 123 Å². The molecule has 0 atom stereocenters. The summed E-state index contributed by atoms with van der Waals surface area (Å²) >= 11 is 17.6. The van der Waals surface area contributed by atoms with Gasteiger partial charge in [-0.2, -0.15) is 0 Å².